The SMILES string of the molecule is CCOc1ccccc1[C@@H]1CC(=O)Nc2c1cnn2-c1ccc(F)cc1. The number of para-hydroxylation sites is 1. The molecule has 1 atom stereocenters. The van der Waals surface area contributed by atoms with E-state index in [0.717, 1.165) is 16.9 Å². The van der Waals surface area contributed by atoms with Crippen molar-refractivity contribution in [3.63, 3.8) is 0 Å². The zero-order chi connectivity index (χ0) is 18.1. The van der Waals surface area contributed by atoms with Gasteiger partial charge in [0.1, 0.15) is 17.4 Å². The van der Waals surface area contributed by atoms with Gasteiger partial charge in [0, 0.05) is 23.5 Å². The summed E-state index contributed by atoms with van der Waals surface area (Å²) in [4.78, 5) is 12.4. The van der Waals surface area contributed by atoms with Gasteiger partial charge in [0.2, 0.25) is 5.91 Å². The number of benzene rings is 2. The Hall–Kier alpha value is -3.15. The smallest absolute Gasteiger partial charge is 0.226 e. The highest BCUT2D eigenvalue weighted by molar-refractivity contribution is 5.94. The van der Waals surface area contributed by atoms with Crippen molar-refractivity contribution in [3.8, 4) is 11.4 Å². The van der Waals surface area contributed by atoms with Gasteiger partial charge in [-0.2, -0.15) is 5.10 Å². The topological polar surface area (TPSA) is 56.1 Å². The minimum absolute atomic E-state index is 0.0855. The van der Waals surface area contributed by atoms with Gasteiger partial charge in [-0.05, 0) is 37.3 Å². The number of carbonyl (C=O) groups excluding carboxylic acids is 1. The zero-order valence-electron chi connectivity index (χ0n) is 14.3. The predicted molar refractivity (Wildman–Crippen MR) is 96.2 cm³/mol. The molecule has 2 heterocycles. The van der Waals surface area contributed by atoms with E-state index in [-0.39, 0.29) is 17.6 Å². The van der Waals surface area contributed by atoms with Crippen LogP contribution in [0.1, 0.15) is 30.4 Å². The van der Waals surface area contributed by atoms with E-state index in [1.165, 1.54) is 12.1 Å². The number of carbonyl (C=O) groups is 1. The number of halogens is 1. The van der Waals surface area contributed by atoms with Crippen LogP contribution in [0, 0.1) is 5.82 Å². The molecule has 0 aliphatic carbocycles. The van der Waals surface area contributed by atoms with Crippen LogP contribution in [0.5, 0.6) is 5.75 Å². The van der Waals surface area contributed by atoms with Crippen molar-refractivity contribution in [2.45, 2.75) is 19.3 Å². The number of hydrogen-bond acceptors (Lipinski definition) is 3. The highest BCUT2D eigenvalue weighted by Crippen LogP contribution is 2.41. The molecule has 0 fully saturated rings. The lowest BCUT2D eigenvalue weighted by molar-refractivity contribution is -0.116. The van der Waals surface area contributed by atoms with Crippen LogP contribution in [0.25, 0.3) is 5.69 Å². The normalized spacial score (nSPS) is 16.1. The van der Waals surface area contributed by atoms with Gasteiger partial charge in [0.25, 0.3) is 0 Å². The number of amides is 1. The van der Waals surface area contributed by atoms with E-state index in [0.29, 0.717) is 24.5 Å². The van der Waals surface area contributed by atoms with Gasteiger partial charge in [-0.3, -0.25) is 4.79 Å². The summed E-state index contributed by atoms with van der Waals surface area (Å²) in [6.45, 7) is 2.49. The summed E-state index contributed by atoms with van der Waals surface area (Å²) in [5, 5.41) is 7.32. The Morgan fingerprint density at radius 3 is 2.73 bits per heavy atom. The zero-order valence-corrected chi connectivity index (χ0v) is 14.3. The van der Waals surface area contributed by atoms with Gasteiger partial charge in [-0.25, -0.2) is 9.07 Å². The van der Waals surface area contributed by atoms with Crippen molar-refractivity contribution in [1.29, 1.82) is 0 Å². The van der Waals surface area contributed by atoms with E-state index < -0.39 is 0 Å². The molecule has 1 aliphatic rings. The lowest BCUT2D eigenvalue weighted by Gasteiger charge is -2.25. The quantitative estimate of drug-likeness (QED) is 0.776. The van der Waals surface area contributed by atoms with Crippen molar-refractivity contribution in [3.05, 3.63) is 71.7 Å². The van der Waals surface area contributed by atoms with Crippen molar-refractivity contribution < 1.29 is 13.9 Å². The molecule has 132 valence electrons. The van der Waals surface area contributed by atoms with Crippen LogP contribution >= 0.6 is 0 Å². The third kappa shape index (κ3) is 2.83. The molecule has 1 aromatic heterocycles. The molecule has 2 aromatic carbocycles. The summed E-state index contributed by atoms with van der Waals surface area (Å²) in [6.07, 6.45) is 2.08. The number of fused-ring (bicyclic) bond motifs is 1. The second-order valence-corrected chi connectivity index (χ2v) is 6.11. The van der Waals surface area contributed by atoms with Gasteiger partial charge in [-0.1, -0.05) is 18.2 Å². The first kappa shape index (κ1) is 16.3. The highest BCUT2D eigenvalue weighted by Gasteiger charge is 2.32. The summed E-state index contributed by atoms with van der Waals surface area (Å²) in [5.74, 6) is 0.843. The molecular formula is C20H18FN3O2. The first-order chi connectivity index (χ1) is 12.7. The maximum Gasteiger partial charge on any atom is 0.226 e. The summed E-state index contributed by atoms with van der Waals surface area (Å²) in [5.41, 5.74) is 2.57. The summed E-state index contributed by atoms with van der Waals surface area (Å²) < 4.78 is 20.6. The first-order valence-electron chi connectivity index (χ1n) is 8.52. The average molecular weight is 351 g/mol. The molecule has 0 spiro atoms. The maximum absolute atomic E-state index is 13.2. The number of nitrogens with one attached hydrogen (secondary N) is 1. The lowest BCUT2D eigenvalue weighted by Crippen LogP contribution is -2.24. The molecule has 0 saturated carbocycles. The van der Waals surface area contributed by atoms with Crippen LogP contribution in [0.4, 0.5) is 10.2 Å². The predicted octanol–water partition coefficient (Wildman–Crippen LogP) is 3.88. The number of aromatic nitrogens is 2. The molecule has 26 heavy (non-hydrogen) atoms. The van der Waals surface area contributed by atoms with E-state index in [9.17, 15) is 9.18 Å². The van der Waals surface area contributed by atoms with Crippen LogP contribution < -0.4 is 10.1 Å². The van der Waals surface area contributed by atoms with E-state index in [4.69, 9.17) is 4.74 Å². The number of nitrogens with zero attached hydrogens (tertiary/aromatic N) is 2. The van der Waals surface area contributed by atoms with Crippen LogP contribution in [0.15, 0.2) is 54.7 Å². The average Bonchev–Trinajstić information content (AvgIpc) is 3.06. The Morgan fingerprint density at radius 1 is 1.19 bits per heavy atom. The van der Waals surface area contributed by atoms with Crippen molar-refractivity contribution in [2.75, 3.05) is 11.9 Å². The van der Waals surface area contributed by atoms with Crippen molar-refractivity contribution in [2.24, 2.45) is 0 Å². The number of ether oxygens (including phenoxy) is 1. The standard InChI is InChI=1S/C20H18FN3O2/c1-2-26-18-6-4-3-5-15(18)16-11-19(25)23-20-17(16)12-22-24(20)14-9-7-13(21)8-10-14/h3-10,12,16H,2,11H2,1H3,(H,23,25)/t16-/m0/s1. The minimum atomic E-state index is -0.317. The Balaban J connectivity index is 1.80. The minimum Gasteiger partial charge on any atom is -0.494 e. The lowest BCUT2D eigenvalue weighted by atomic mass is 9.87. The van der Waals surface area contributed by atoms with Crippen molar-refractivity contribution in [1.82, 2.24) is 9.78 Å². The molecule has 1 N–H and O–H groups in total. The van der Waals surface area contributed by atoms with Gasteiger partial charge < -0.3 is 10.1 Å². The molecule has 0 saturated heterocycles. The number of hydrogen-bond donors (Lipinski definition) is 1. The van der Waals surface area contributed by atoms with E-state index in [1.54, 1.807) is 23.0 Å². The second-order valence-electron chi connectivity index (χ2n) is 6.11. The summed E-state index contributed by atoms with van der Waals surface area (Å²) in [6, 6.07) is 13.8. The Kier molecular flexibility index (Phi) is 4.16. The van der Waals surface area contributed by atoms with E-state index >= 15 is 0 Å². The van der Waals surface area contributed by atoms with Crippen LogP contribution in [0.2, 0.25) is 0 Å². The van der Waals surface area contributed by atoms with Crippen LogP contribution in [-0.2, 0) is 4.79 Å². The summed E-state index contributed by atoms with van der Waals surface area (Å²) in [7, 11) is 0. The Morgan fingerprint density at radius 2 is 1.96 bits per heavy atom. The fraction of sp³-hybridized carbons (Fsp3) is 0.200. The second kappa shape index (κ2) is 6.63. The van der Waals surface area contributed by atoms with Crippen molar-refractivity contribution >= 4 is 11.7 Å². The van der Waals surface area contributed by atoms with Crippen LogP contribution in [0.3, 0.4) is 0 Å². The maximum atomic E-state index is 13.2. The first-order valence-corrected chi connectivity index (χ1v) is 8.52. The van der Waals surface area contributed by atoms with Gasteiger partial charge >= 0.3 is 0 Å². The van der Waals surface area contributed by atoms with E-state index in [1.807, 2.05) is 31.2 Å². The van der Waals surface area contributed by atoms with Crippen LogP contribution in [-0.4, -0.2) is 22.3 Å². The summed E-state index contributed by atoms with van der Waals surface area (Å²) >= 11 is 0. The van der Waals surface area contributed by atoms with Gasteiger partial charge in [-0.15, -0.1) is 0 Å². The molecule has 4 rings (SSSR count). The molecule has 6 heteroatoms. The molecule has 3 aromatic rings. The van der Waals surface area contributed by atoms with E-state index in [2.05, 4.69) is 10.4 Å². The Bertz CT molecular complexity index is 950. The molecule has 0 radical (unpaired) electrons. The highest BCUT2D eigenvalue weighted by atomic mass is 19.1. The Labute approximate surface area is 150 Å². The molecule has 1 aliphatic heterocycles. The molecule has 0 unspecified atom stereocenters. The fourth-order valence-corrected chi connectivity index (χ4v) is 3.33. The molecule has 0 bridgehead atoms. The monoisotopic (exact) mass is 351 g/mol. The largest absolute Gasteiger partial charge is 0.494 e. The number of anilines is 1. The fourth-order valence-electron chi connectivity index (χ4n) is 3.33. The van der Waals surface area contributed by atoms with Gasteiger partial charge in [0.15, 0.2) is 0 Å². The third-order valence-electron chi connectivity index (χ3n) is 4.49. The van der Waals surface area contributed by atoms with Gasteiger partial charge in [0.05, 0.1) is 18.5 Å². The number of rotatable bonds is 4. The molecular weight excluding hydrogens is 333 g/mol. The molecule has 1 amide bonds. The molecule has 5 nitrogen and oxygen atoms in total. The third-order valence-corrected chi connectivity index (χ3v) is 4.49.